The van der Waals surface area contributed by atoms with Crippen LogP contribution in [0.2, 0.25) is 0 Å². The summed E-state index contributed by atoms with van der Waals surface area (Å²) in [6.07, 6.45) is 0. The fourth-order valence-electron chi connectivity index (χ4n) is 8.78. The molecule has 1 heterocycles. The summed E-state index contributed by atoms with van der Waals surface area (Å²) in [6.45, 7) is 0. The van der Waals surface area contributed by atoms with Gasteiger partial charge in [0.25, 0.3) is 0 Å². The molecule has 0 bridgehead atoms. The van der Waals surface area contributed by atoms with E-state index in [1.54, 1.807) is 0 Å². The zero-order chi connectivity index (χ0) is 37.7. The SMILES string of the molecule is c1ccc(-c2ccc(-c3ccc(-c4c5ccccc5c(-c5ccc(-c6ccc(-c7ccc8[nH]c9ccccc9c8c7)cc6)cc5)c5ccccc45)cc3)cc2)cc1. The Kier molecular flexibility index (Phi) is 7.89. The molecule has 0 unspecified atom stereocenters. The summed E-state index contributed by atoms with van der Waals surface area (Å²) in [5.41, 5.74) is 17.1. The van der Waals surface area contributed by atoms with Crippen molar-refractivity contribution in [1.82, 2.24) is 4.98 Å². The first-order chi connectivity index (χ1) is 28.2. The molecule has 11 aromatic rings. The van der Waals surface area contributed by atoms with Crippen LogP contribution < -0.4 is 0 Å². The highest BCUT2D eigenvalue weighted by molar-refractivity contribution is 6.21. The minimum Gasteiger partial charge on any atom is -0.355 e. The van der Waals surface area contributed by atoms with Gasteiger partial charge in [0.05, 0.1) is 0 Å². The van der Waals surface area contributed by atoms with Crippen molar-refractivity contribution in [1.29, 1.82) is 0 Å². The highest BCUT2D eigenvalue weighted by Crippen LogP contribution is 2.44. The van der Waals surface area contributed by atoms with Crippen molar-refractivity contribution in [2.75, 3.05) is 0 Å². The average molecular weight is 724 g/mol. The number of aromatic amines is 1. The van der Waals surface area contributed by atoms with Crippen molar-refractivity contribution in [3.63, 3.8) is 0 Å². The largest absolute Gasteiger partial charge is 0.355 e. The molecule has 0 radical (unpaired) electrons. The van der Waals surface area contributed by atoms with E-state index >= 15 is 0 Å². The van der Waals surface area contributed by atoms with E-state index in [2.05, 4.69) is 223 Å². The molecule has 1 nitrogen and oxygen atoms in total. The van der Waals surface area contributed by atoms with Gasteiger partial charge in [-0.15, -0.1) is 0 Å². The second kappa shape index (κ2) is 13.7. The number of hydrogen-bond acceptors (Lipinski definition) is 0. The second-order valence-electron chi connectivity index (χ2n) is 14.9. The van der Waals surface area contributed by atoms with Gasteiger partial charge in [-0.3, -0.25) is 0 Å². The van der Waals surface area contributed by atoms with Crippen molar-refractivity contribution < 1.29 is 0 Å². The highest BCUT2D eigenvalue weighted by atomic mass is 14.7. The maximum Gasteiger partial charge on any atom is 0.0465 e. The van der Waals surface area contributed by atoms with Crippen LogP contribution in [0.4, 0.5) is 0 Å². The quantitative estimate of drug-likeness (QED) is 0.164. The average Bonchev–Trinajstić information content (AvgIpc) is 3.67. The van der Waals surface area contributed by atoms with Gasteiger partial charge in [-0.2, -0.15) is 0 Å². The molecule has 0 saturated carbocycles. The smallest absolute Gasteiger partial charge is 0.0465 e. The van der Waals surface area contributed by atoms with E-state index in [9.17, 15) is 0 Å². The third-order valence-electron chi connectivity index (χ3n) is 11.7. The molecule has 0 amide bonds. The summed E-state index contributed by atoms with van der Waals surface area (Å²) < 4.78 is 0. The minimum absolute atomic E-state index is 1.17. The summed E-state index contributed by atoms with van der Waals surface area (Å²) in [7, 11) is 0. The lowest BCUT2D eigenvalue weighted by Gasteiger charge is -2.18. The maximum atomic E-state index is 3.55. The van der Waals surface area contributed by atoms with Crippen LogP contribution in [0, 0.1) is 0 Å². The number of para-hydroxylation sites is 1. The van der Waals surface area contributed by atoms with Gasteiger partial charge in [0, 0.05) is 21.8 Å². The van der Waals surface area contributed by atoms with E-state index < -0.39 is 0 Å². The molecule has 0 aliphatic rings. The van der Waals surface area contributed by atoms with Crippen molar-refractivity contribution >= 4 is 43.4 Å². The predicted octanol–water partition coefficient (Wildman–Crippen LogP) is 15.6. The standard InChI is InChI=1S/C56H37N/c1-2-10-37(11-3-1)38-18-20-39(21-19-38)41-26-30-44(31-27-41)55-48-13-4-6-15-50(48)56(51-16-7-5-14-49(51)55)45-32-28-42(29-33-45)40-22-24-43(25-23-40)46-34-35-54-52(36-46)47-12-8-9-17-53(47)57-54/h1-36,57H. The lowest BCUT2D eigenvalue weighted by Crippen LogP contribution is -1.91. The maximum absolute atomic E-state index is 3.55. The number of fused-ring (bicyclic) bond motifs is 5. The van der Waals surface area contributed by atoms with Crippen LogP contribution in [0.3, 0.4) is 0 Å². The number of rotatable bonds is 6. The number of hydrogen-bond donors (Lipinski definition) is 1. The van der Waals surface area contributed by atoms with E-state index in [4.69, 9.17) is 0 Å². The second-order valence-corrected chi connectivity index (χ2v) is 14.9. The molecule has 10 aromatic carbocycles. The third kappa shape index (κ3) is 5.80. The van der Waals surface area contributed by atoms with Crippen LogP contribution in [0.5, 0.6) is 0 Å². The van der Waals surface area contributed by atoms with Crippen LogP contribution in [-0.4, -0.2) is 4.98 Å². The first kappa shape index (κ1) is 32.9. The van der Waals surface area contributed by atoms with Crippen LogP contribution in [-0.2, 0) is 0 Å². The van der Waals surface area contributed by atoms with Crippen molar-refractivity contribution in [2.45, 2.75) is 0 Å². The molecule has 266 valence electrons. The molecule has 0 fully saturated rings. The number of aromatic nitrogens is 1. The summed E-state index contributed by atoms with van der Waals surface area (Å²) in [5.74, 6) is 0. The fourth-order valence-corrected chi connectivity index (χ4v) is 8.78. The first-order valence-electron chi connectivity index (χ1n) is 19.7. The molecule has 1 N–H and O–H groups in total. The van der Waals surface area contributed by atoms with Gasteiger partial charge in [-0.05, 0) is 107 Å². The lowest BCUT2D eigenvalue weighted by atomic mass is 9.85. The first-order valence-corrected chi connectivity index (χ1v) is 19.7. The molecular formula is C56H37N. The molecule has 0 aliphatic carbocycles. The zero-order valence-corrected chi connectivity index (χ0v) is 31.3. The zero-order valence-electron chi connectivity index (χ0n) is 31.3. The Bertz CT molecular complexity index is 3170. The Morgan fingerprint density at radius 1 is 0.193 bits per heavy atom. The van der Waals surface area contributed by atoms with E-state index in [1.165, 1.54) is 110 Å². The summed E-state index contributed by atoms with van der Waals surface area (Å²) >= 11 is 0. The van der Waals surface area contributed by atoms with Crippen LogP contribution in [0.15, 0.2) is 218 Å². The normalized spacial score (nSPS) is 11.5. The molecule has 0 saturated heterocycles. The highest BCUT2D eigenvalue weighted by Gasteiger charge is 2.17. The van der Waals surface area contributed by atoms with E-state index in [0.717, 1.165) is 0 Å². The Morgan fingerprint density at radius 3 is 0.930 bits per heavy atom. The summed E-state index contributed by atoms with van der Waals surface area (Å²) in [4.78, 5) is 3.55. The van der Waals surface area contributed by atoms with Crippen LogP contribution >= 0.6 is 0 Å². The van der Waals surface area contributed by atoms with E-state index in [0.29, 0.717) is 0 Å². The van der Waals surface area contributed by atoms with Gasteiger partial charge in [-0.1, -0.05) is 200 Å². The molecular weight excluding hydrogens is 687 g/mol. The topological polar surface area (TPSA) is 15.8 Å². The predicted molar refractivity (Wildman–Crippen MR) is 243 cm³/mol. The van der Waals surface area contributed by atoms with Gasteiger partial charge >= 0.3 is 0 Å². The molecule has 1 aromatic heterocycles. The summed E-state index contributed by atoms with van der Waals surface area (Å²) in [5, 5.41) is 7.56. The number of H-pyrrole nitrogens is 1. The fraction of sp³-hybridized carbons (Fsp3) is 0. The molecule has 0 spiro atoms. The Balaban J connectivity index is 0.920. The number of benzene rings is 10. The molecule has 1 heteroatoms. The van der Waals surface area contributed by atoms with Gasteiger partial charge in [0.1, 0.15) is 0 Å². The van der Waals surface area contributed by atoms with Crippen molar-refractivity contribution in [3.05, 3.63) is 218 Å². The summed E-state index contributed by atoms with van der Waals surface area (Å²) in [6, 6.07) is 79.6. The number of nitrogens with one attached hydrogen (secondary N) is 1. The third-order valence-corrected chi connectivity index (χ3v) is 11.7. The van der Waals surface area contributed by atoms with E-state index in [1.807, 2.05) is 0 Å². The molecule has 57 heavy (non-hydrogen) atoms. The lowest BCUT2D eigenvalue weighted by molar-refractivity contribution is 1.54. The van der Waals surface area contributed by atoms with Gasteiger partial charge < -0.3 is 4.98 Å². The van der Waals surface area contributed by atoms with Crippen LogP contribution in [0.1, 0.15) is 0 Å². The Hall–Kier alpha value is -7.48. The molecule has 0 atom stereocenters. The monoisotopic (exact) mass is 723 g/mol. The van der Waals surface area contributed by atoms with Gasteiger partial charge in [0.2, 0.25) is 0 Å². The van der Waals surface area contributed by atoms with Crippen molar-refractivity contribution in [3.8, 4) is 66.8 Å². The molecule has 11 rings (SSSR count). The van der Waals surface area contributed by atoms with Gasteiger partial charge in [0.15, 0.2) is 0 Å². The Morgan fingerprint density at radius 2 is 0.491 bits per heavy atom. The van der Waals surface area contributed by atoms with Crippen molar-refractivity contribution in [2.24, 2.45) is 0 Å². The molecule has 0 aliphatic heterocycles. The van der Waals surface area contributed by atoms with E-state index in [-0.39, 0.29) is 0 Å². The minimum atomic E-state index is 1.17. The van der Waals surface area contributed by atoms with Gasteiger partial charge in [-0.25, -0.2) is 0 Å². The Labute approximate surface area is 332 Å². The van der Waals surface area contributed by atoms with Crippen LogP contribution in [0.25, 0.3) is 110 Å².